The zero-order valence-corrected chi connectivity index (χ0v) is 16.9. The van der Waals surface area contributed by atoms with E-state index >= 15 is 0 Å². The predicted molar refractivity (Wildman–Crippen MR) is 107 cm³/mol. The molecule has 1 atom stereocenters. The maximum atomic E-state index is 6.29. The fourth-order valence-corrected chi connectivity index (χ4v) is 2.88. The number of nitrogens with one attached hydrogen (secondary N) is 2. The fourth-order valence-electron chi connectivity index (χ4n) is 2.39. The largest absolute Gasteiger partial charge is 0.356 e. The van der Waals surface area contributed by atoms with Crippen molar-refractivity contribution < 1.29 is 0 Å². The summed E-state index contributed by atoms with van der Waals surface area (Å²) >= 11 is 12.2. The lowest BCUT2D eigenvalue weighted by atomic mass is 9.89. The van der Waals surface area contributed by atoms with Gasteiger partial charge in [-0.2, -0.15) is 0 Å². The van der Waals surface area contributed by atoms with Crippen LogP contribution >= 0.6 is 47.2 Å². The third kappa shape index (κ3) is 6.13. The zero-order chi connectivity index (χ0) is 15.2. The summed E-state index contributed by atoms with van der Waals surface area (Å²) in [6.45, 7) is 7.28. The van der Waals surface area contributed by atoms with Crippen LogP contribution in [0.1, 0.15) is 25.8 Å². The van der Waals surface area contributed by atoms with Crippen molar-refractivity contribution in [1.82, 2.24) is 10.6 Å². The third-order valence-electron chi connectivity index (χ3n) is 3.87. The van der Waals surface area contributed by atoms with E-state index in [1.807, 2.05) is 18.2 Å². The van der Waals surface area contributed by atoms with E-state index in [1.54, 1.807) is 0 Å². The molecule has 0 saturated heterocycles. The highest BCUT2D eigenvalue weighted by atomic mass is 127. The van der Waals surface area contributed by atoms with E-state index < -0.39 is 0 Å². The molecule has 2 rings (SSSR count). The molecule has 0 bridgehead atoms. The predicted octanol–water partition coefficient (Wildman–Crippen LogP) is 4.37. The molecule has 22 heavy (non-hydrogen) atoms. The van der Waals surface area contributed by atoms with E-state index in [0.29, 0.717) is 16.9 Å². The highest BCUT2D eigenvalue weighted by Crippen LogP contribution is 2.25. The van der Waals surface area contributed by atoms with Crippen molar-refractivity contribution in [3.63, 3.8) is 0 Å². The molecule has 1 heterocycles. The number of nitrogens with zero attached hydrogens (tertiary/aromatic N) is 1. The van der Waals surface area contributed by atoms with Crippen LogP contribution in [0.3, 0.4) is 0 Å². The summed E-state index contributed by atoms with van der Waals surface area (Å²) in [5.74, 6) is 1.98. The van der Waals surface area contributed by atoms with Crippen molar-refractivity contribution in [1.29, 1.82) is 0 Å². The van der Waals surface area contributed by atoms with E-state index in [-0.39, 0.29) is 24.0 Å². The molecule has 1 aromatic carbocycles. The molecule has 1 aromatic rings. The Hall–Kier alpha value is -0.200. The molecule has 0 fully saturated rings. The Morgan fingerprint density at radius 2 is 2.09 bits per heavy atom. The second kappa shape index (κ2) is 9.83. The second-order valence-corrected chi connectivity index (χ2v) is 6.68. The van der Waals surface area contributed by atoms with Crippen LogP contribution < -0.4 is 10.6 Å². The number of rotatable bonds is 5. The topological polar surface area (TPSA) is 36.4 Å². The summed E-state index contributed by atoms with van der Waals surface area (Å²) in [6, 6.07) is 5.74. The maximum absolute atomic E-state index is 6.29. The van der Waals surface area contributed by atoms with Crippen molar-refractivity contribution in [3.05, 3.63) is 33.8 Å². The lowest BCUT2D eigenvalue weighted by Gasteiger charge is -2.24. The van der Waals surface area contributed by atoms with Gasteiger partial charge in [-0.3, -0.25) is 4.99 Å². The Bertz CT molecular complexity index is 506. The minimum Gasteiger partial charge on any atom is -0.356 e. The van der Waals surface area contributed by atoms with Gasteiger partial charge >= 0.3 is 0 Å². The van der Waals surface area contributed by atoms with Crippen LogP contribution in [0.15, 0.2) is 23.2 Å². The van der Waals surface area contributed by atoms with E-state index in [9.17, 15) is 0 Å². The highest BCUT2D eigenvalue weighted by molar-refractivity contribution is 14.0. The summed E-state index contributed by atoms with van der Waals surface area (Å²) in [5, 5.41) is 8.15. The summed E-state index contributed by atoms with van der Waals surface area (Å²) in [7, 11) is 0. The average Bonchev–Trinajstić information content (AvgIpc) is 2.46. The lowest BCUT2D eigenvalue weighted by molar-refractivity contribution is 0.377. The van der Waals surface area contributed by atoms with Crippen LogP contribution in [0.5, 0.6) is 0 Å². The Balaban J connectivity index is 0.00000242. The monoisotopic (exact) mass is 455 g/mol. The molecular weight excluding hydrogens is 432 g/mol. The number of aliphatic imine (C=N–C) groups is 1. The first-order valence-electron chi connectivity index (χ1n) is 7.52. The minimum atomic E-state index is 0. The average molecular weight is 456 g/mol. The van der Waals surface area contributed by atoms with E-state index in [1.165, 1.54) is 0 Å². The van der Waals surface area contributed by atoms with Crippen molar-refractivity contribution in [3.8, 4) is 0 Å². The van der Waals surface area contributed by atoms with Crippen molar-refractivity contribution in [2.45, 2.75) is 26.7 Å². The molecule has 1 unspecified atom stereocenters. The molecular formula is C16H24Cl2IN3. The molecule has 0 radical (unpaired) electrons. The number of guanidine groups is 1. The van der Waals surface area contributed by atoms with Gasteiger partial charge in [0.1, 0.15) is 0 Å². The van der Waals surface area contributed by atoms with Gasteiger partial charge in [-0.15, -0.1) is 24.0 Å². The SMILES string of the molecule is CC(C)C(CNC1=NCCCN1)Cc1ccc(Cl)cc1Cl.I. The van der Waals surface area contributed by atoms with Gasteiger partial charge in [0.05, 0.1) is 0 Å². The van der Waals surface area contributed by atoms with Crippen LogP contribution in [-0.2, 0) is 6.42 Å². The molecule has 1 aliphatic heterocycles. The number of hydrogen-bond acceptors (Lipinski definition) is 3. The van der Waals surface area contributed by atoms with Gasteiger partial charge in [-0.1, -0.05) is 43.1 Å². The third-order valence-corrected chi connectivity index (χ3v) is 4.46. The van der Waals surface area contributed by atoms with Crippen LogP contribution in [-0.4, -0.2) is 25.6 Å². The molecule has 124 valence electrons. The van der Waals surface area contributed by atoms with Crippen LogP contribution in [0, 0.1) is 11.8 Å². The van der Waals surface area contributed by atoms with Gasteiger partial charge in [0.15, 0.2) is 5.96 Å². The van der Waals surface area contributed by atoms with Gasteiger partial charge in [-0.25, -0.2) is 0 Å². The van der Waals surface area contributed by atoms with Crippen molar-refractivity contribution >= 4 is 53.1 Å². The molecule has 0 spiro atoms. The normalized spacial score (nSPS) is 15.6. The zero-order valence-electron chi connectivity index (χ0n) is 13.0. The van der Waals surface area contributed by atoms with Gasteiger partial charge in [0.25, 0.3) is 0 Å². The molecule has 6 heteroatoms. The minimum absolute atomic E-state index is 0. The Labute approximate surface area is 160 Å². The molecule has 1 aliphatic rings. The first-order valence-corrected chi connectivity index (χ1v) is 8.28. The summed E-state index contributed by atoms with van der Waals surface area (Å²) in [6.07, 6.45) is 2.05. The standard InChI is InChI=1S/C16H23Cl2N3.HI/c1-11(2)13(10-21-16-19-6-3-7-20-16)8-12-4-5-14(17)9-15(12)18;/h4-5,9,11,13H,3,6-8,10H2,1-2H3,(H2,19,20,21);1H. The second-order valence-electron chi connectivity index (χ2n) is 5.84. The highest BCUT2D eigenvalue weighted by Gasteiger charge is 2.17. The lowest BCUT2D eigenvalue weighted by Crippen LogP contribution is -2.43. The summed E-state index contributed by atoms with van der Waals surface area (Å²) in [5.41, 5.74) is 1.15. The molecule has 0 aliphatic carbocycles. The molecule has 0 aromatic heterocycles. The first-order chi connectivity index (χ1) is 10.1. The van der Waals surface area contributed by atoms with E-state index in [4.69, 9.17) is 23.2 Å². The fraction of sp³-hybridized carbons (Fsp3) is 0.562. The summed E-state index contributed by atoms with van der Waals surface area (Å²) < 4.78 is 0. The quantitative estimate of drug-likeness (QED) is 0.647. The van der Waals surface area contributed by atoms with E-state index in [2.05, 4.69) is 29.5 Å². The number of hydrogen-bond donors (Lipinski definition) is 2. The van der Waals surface area contributed by atoms with E-state index in [0.717, 1.165) is 49.0 Å². The van der Waals surface area contributed by atoms with Gasteiger partial charge in [0.2, 0.25) is 0 Å². The smallest absolute Gasteiger partial charge is 0.191 e. The Morgan fingerprint density at radius 3 is 2.68 bits per heavy atom. The molecule has 0 amide bonds. The van der Waals surface area contributed by atoms with Crippen LogP contribution in [0.2, 0.25) is 10.0 Å². The van der Waals surface area contributed by atoms with Crippen LogP contribution in [0.4, 0.5) is 0 Å². The number of halogens is 3. The van der Waals surface area contributed by atoms with Crippen molar-refractivity contribution in [2.75, 3.05) is 19.6 Å². The molecule has 0 saturated carbocycles. The maximum Gasteiger partial charge on any atom is 0.191 e. The molecule has 2 N–H and O–H groups in total. The van der Waals surface area contributed by atoms with Crippen molar-refractivity contribution in [2.24, 2.45) is 16.8 Å². The van der Waals surface area contributed by atoms with Gasteiger partial charge in [0, 0.05) is 29.7 Å². The van der Waals surface area contributed by atoms with Gasteiger partial charge < -0.3 is 10.6 Å². The Kier molecular flexibility index (Phi) is 8.87. The molecule has 3 nitrogen and oxygen atoms in total. The summed E-state index contributed by atoms with van der Waals surface area (Å²) in [4.78, 5) is 4.45. The van der Waals surface area contributed by atoms with Crippen LogP contribution in [0.25, 0.3) is 0 Å². The number of benzene rings is 1. The van der Waals surface area contributed by atoms with Gasteiger partial charge in [-0.05, 0) is 42.4 Å². The first kappa shape index (κ1) is 19.8. The Morgan fingerprint density at radius 1 is 1.32 bits per heavy atom.